The fourth-order valence-corrected chi connectivity index (χ4v) is 4.54. The maximum Gasteiger partial charge on any atom is 0.0325 e. The standard InChI is InChI=1S/C18H27BrN2/c1-3-10-20-16-11-17-8-9-18(12-16)21(17)13(2)14-4-6-15(19)7-5-14/h4-7,13,16-18,20H,3,8-12H2,1-2H3. The van der Waals surface area contributed by atoms with Gasteiger partial charge in [0.2, 0.25) is 0 Å². The Morgan fingerprint density at radius 3 is 2.38 bits per heavy atom. The molecule has 2 saturated heterocycles. The Labute approximate surface area is 137 Å². The predicted molar refractivity (Wildman–Crippen MR) is 92.5 cm³/mol. The van der Waals surface area contributed by atoms with Crippen LogP contribution >= 0.6 is 15.9 Å². The van der Waals surface area contributed by atoms with Gasteiger partial charge in [0.15, 0.2) is 0 Å². The van der Waals surface area contributed by atoms with Gasteiger partial charge in [0, 0.05) is 28.6 Å². The topological polar surface area (TPSA) is 15.3 Å². The number of nitrogens with one attached hydrogen (secondary N) is 1. The summed E-state index contributed by atoms with van der Waals surface area (Å²) in [4.78, 5) is 2.80. The molecule has 2 heterocycles. The summed E-state index contributed by atoms with van der Waals surface area (Å²) >= 11 is 3.54. The number of hydrogen-bond acceptors (Lipinski definition) is 2. The van der Waals surface area contributed by atoms with Crippen molar-refractivity contribution in [1.82, 2.24) is 10.2 Å². The highest BCUT2D eigenvalue weighted by Crippen LogP contribution is 2.41. The van der Waals surface area contributed by atoms with Gasteiger partial charge in [-0.05, 0) is 63.3 Å². The molecule has 3 rings (SSSR count). The Morgan fingerprint density at radius 1 is 1.19 bits per heavy atom. The van der Waals surface area contributed by atoms with Crippen LogP contribution in [-0.4, -0.2) is 29.6 Å². The van der Waals surface area contributed by atoms with E-state index < -0.39 is 0 Å². The number of hydrogen-bond donors (Lipinski definition) is 1. The first kappa shape index (κ1) is 15.5. The van der Waals surface area contributed by atoms with Crippen LogP contribution in [0.4, 0.5) is 0 Å². The highest BCUT2D eigenvalue weighted by atomic mass is 79.9. The first-order chi connectivity index (χ1) is 10.2. The number of piperidine rings is 1. The first-order valence-electron chi connectivity index (χ1n) is 8.45. The van der Waals surface area contributed by atoms with Gasteiger partial charge in [0.25, 0.3) is 0 Å². The van der Waals surface area contributed by atoms with Crippen molar-refractivity contribution in [2.45, 2.75) is 70.1 Å². The summed E-state index contributed by atoms with van der Waals surface area (Å²) in [5.74, 6) is 0. The average molecular weight is 351 g/mol. The van der Waals surface area contributed by atoms with E-state index in [1.165, 1.54) is 48.7 Å². The van der Waals surface area contributed by atoms with Crippen LogP contribution in [0.3, 0.4) is 0 Å². The second kappa shape index (κ2) is 6.80. The third kappa shape index (κ3) is 3.35. The van der Waals surface area contributed by atoms with Crippen molar-refractivity contribution in [2.24, 2.45) is 0 Å². The van der Waals surface area contributed by atoms with Gasteiger partial charge in [-0.25, -0.2) is 0 Å². The van der Waals surface area contributed by atoms with Gasteiger partial charge < -0.3 is 5.32 Å². The number of rotatable bonds is 5. The third-order valence-corrected chi connectivity index (χ3v) is 5.80. The normalized spacial score (nSPS) is 30.5. The summed E-state index contributed by atoms with van der Waals surface area (Å²) < 4.78 is 1.17. The maximum atomic E-state index is 3.75. The molecule has 21 heavy (non-hydrogen) atoms. The van der Waals surface area contributed by atoms with E-state index in [-0.39, 0.29) is 0 Å². The molecule has 116 valence electrons. The quantitative estimate of drug-likeness (QED) is 0.840. The van der Waals surface area contributed by atoms with E-state index in [0.29, 0.717) is 6.04 Å². The van der Waals surface area contributed by atoms with E-state index in [1.54, 1.807) is 0 Å². The molecule has 0 radical (unpaired) electrons. The zero-order valence-electron chi connectivity index (χ0n) is 13.2. The van der Waals surface area contributed by atoms with Crippen LogP contribution in [0, 0.1) is 0 Å². The molecule has 2 aliphatic rings. The van der Waals surface area contributed by atoms with E-state index in [0.717, 1.165) is 18.1 Å². The van der Waals surface area contributed by atoms with E-state index in [2.05, 4.69) is 64.3 Å². The molecule has 3 atom stereocenters. The lowest BCUT2D eigenvalue weighted by atomic mass is 9.93. The van der Waals surface area contributed by atoms with E-state index in [4.69, 9.17) is 0 Å². The van der Waals surface area contributed by atoms with Crippen molar-refractivity contribution in [3.8, 4) is 0 Å². The van der Waals surface area contributed by atoms with Crippen molar-refractivity contribution in [3.05, 3.63) is 34.3 Å². The minimum atomic E-state index is 0.544. The summed E-state index contributed by atoms with van der Waals surface area (Å²) in [6.07, 6.45) is 6.67. The molecule has 2 aliphatic heterocycles. The zero-order valence-corrected chi connectivity index (χ0v) is 14.8. The van der Waals surface area contributed by atoms with E-state index >= 15 is 0 Å². The Kier molecular flexibility index (Phi) is 5.03. The number of fused-ring (bicyclic) bond motifs is 2. The fourth-order valence-electron chi connectivity index (χ4n) is 4.27. The van der Waals surface area contributed by atoms with Crippen LogP contribution < -0.4 is 5.32 Å². The Morgan fingerprint density at radius 2 is 1.81 bits per heavy atom. The first-order valence-corrected chi connectivity index (χ1v) is 9.24. The molecule has 3 heteroatoms. The molecule has 2 bridgehead atoms. The third-order valence-electron chi connectivity index (χ3n) is 5.27. The molecular weight excluding hydrogens is 324 g/mol. The molecule has 0 amide bonds. The van der Waals surface area contributed by atoms with Crippen LogP contribution in [-0.2, 0) is 0 Å². The van der Waals surface area contributed by atoms with Crippen molar-refractivity contribution < 1.29 is 0 Å². The van der Waals surface area contributed by atoms with Gasteiger partial charge in [-0.1, -0.05) is 35.0 Å². The molecule has 0 saturated carbocycles. The van der Waals surface area contributed by atoms with Crippen LogP contribution in [0.2, 0.25) is 0 Å². The second-order valence-electron chi connectivity index (χ2n) is 6.68. The molecule has 0 spiro atoms. The molecule has 2 fully saturated rings. The van der Waals surface area contributed by atoms with Crippen molar-refractivity contribution >= 4 is 15.9 Å². The van der Waals surface area contributed by atoms with Crippen molar-refractivity contribution in [1.29, 1.82) is 0 Å². The molecule has 0 aromatic heterocycles. The van der Waals surface area contributed by atoms with E-state index in [9.17, 15) is 0 Å². The van der Waals surface area contributed by atoms with Gasteiger partial charge in [-0.3, -0.25) is 4.90 Å². The van der Waals surface area contributed by atoms with Crippen LogP contribution in [0.15, 0.2) is 28.7 Å². The molecule has 3 unspecified atom stereocenters. The van der Waals surface area contributed by atoms with E-state index in [1.807, 2.05) is 0 Å². The second-order valence-corrected chi connectivity index (χ2v) is 7.60. The molecule has 1 aromatic rings. The summed E-state index contributed by atoms with van der Waals surface area (Å²) in [6, 6.07) is 11.7. The molecule has 1 N–H and O–H groups in total. The fraction of sp³-hybridized carbons (Fsp3) is 0.667. The van der Waals surface area contributed by atoms with Gasteiger partial charge >= 0.3 is 0 Å². The maximum absolute atomic E-state index is 3.75. The number of halogens is 1. The Hall–Kier alpha value is -0.380. The van der Waals surface area contributed by atoms with Gasteiger partial charge in [-0.15, -0.1) is 0 Å². The predicted octanol–water partition coefficient (Wildman–Crippen LogP) is 4.51. The smallest absolute Gasteiger partial charge is 0.0325 e. The molecule has 1 aromatic carbocycles. The summed E-state index contributed by atoms with van der Waals surface area (Å²) in [5.41, 5.74) is 1.45. The van der Waals surface area contributed by atoms with Gasteiger partial charge in [0.05, 0.1) is 0 Å². The minimum absolute atomic E-state index is 0.544. The Bertz CT molecular complexity index is 445. The van der Waals surface area contributed by atoms with Gasteiger partial charge in [-0.2, -0.15) is 0 Å². The SMILES string of the molecule is CCCNC1CC2CCC(C1)N2C(C)c1ccc(Br)cc1. The summed E-state index contributed by atoms with van der Waals surface area (Å²) in [5, 5.41) is 3.75. The summed E-state index contributed by atoms with van der Waals surface area (Å²) in [6.45, 7) is 5.81. The lowest BCUT2D eigenvalue weighted by Gasteiger charge is -2.43. The van der Waals surface area contributed by atoms with Crippen LogP contribution in [0.5, 0.6) is 0 Å². The summed E-state index contributed by atoms with van der Waals surface area (Å²) in [7, 11) is 0. The lowest BCUT2D eigenvalue weighted by molar-refractivity contribution is 0.0771. The molecule has 2 nitrogen and oxygen atoms in total. The largest absolute Gasteiger partial charge is 0.314 e. The number of nitrogens with zero attached hydrogens (tertiary/aromatic N) is 1. The number of benzene rings is 1. The van der Waals surface area contributed by atoms with Gasteiger partial charge in [0.1, 0.15) is 0 Å². The molecule has 0 aliphatic carbocycles. The van der Waals surface area contributed by atoms with Crippen LogP contribution in [0.1, 0.15) is 57.6 Å². The van der Waals surface area contributed by atoms with Crippen molar-refractivity contribution in [3.63, 3.8) is 0 Å². The average Bonchev–Trinajstić information content (AvgIpc) is 2.76. The Balaban J connectivity index is 1.68. The van der Waals surface area contributed by atoms with Crippen molar-refractivity contribution in [2.75, 3.05) is 6.54 Å². The highest BCUT2D eigenvalue weighted by Gasteiger charge is 2.42. The highest BCUT2D eigenvalue weighted by molar-refractivity contribution is 9.10. The van der Waals surface area contributed by atoms with Crippen LogP contribution in [0.25, 0.3) is 0 Å². The zero-order chi connectivity index (χ0) is 14.8. The minimum Gasteiger partial charge on any atom is -0.314 e. The molecular formula is C18H27BrN2. The monoisotopic (exact) mass is 350 g/mol. The lowest BCUT2D eigenvalue weighted by Crippen LogP contribution is -2.49.